The lowest BCUT2D eigenvalue weighted by Crippen LogP contribution is -2.45. The quantitative estimate of drug-likeness (QED) is 0.401. The third-order valence-corrected chi connectivity index (χ3v) is 7.70. The zero-order valence-corrected chi connectivity index (χ0v) is 20.3. The van der Waals surface area contributed by atoms with Crippen LogP contribution in [0.1, 0.15) is 71.1 Å². The van der Waals surface area contributed by atoms with E-state index in [2.05, 4.69) is 77.4 Å². The second kappa shape index (κ2) is 10.6. The predicted molar refractivity (Wildman–Crippen MR) is 139 cm³/mol. The van der Waals surface area contributed by atoms with Crippen molar-refractivity contribution < 1.29 is 4.79 Å². The summed E-state index contributed by atoms with van der Waals surface area (Å²) >= 11 is 0. The van der Waals surface area contributed by atoms with Crippen LogP contribution in [-0.2, 0) is 13.0 Å². The highest BCUT2D eigenvalue weighted by Gasteiger charge is 2.34. The number of piperidine rings is 1. The van der Waals surface area contributed by atoms with Crippen LogP contribution in [0, 0.1) is 0 Å². The van der Waals surface area contributed by atoms with E-state index in [1.165, 1.54) is 28.7 Å². The van der Waals surface area contributed by atoms with Crippen molar-refractivity contribution in [2.45, 2.75) is 57.5 Å². The van der Waals surface area contributed by atoms with Crippen molar-refractivity contribution in [3.63, 3.8) is 0 Å². The Balaban J connectivity index is 1.20. The summed E-state index contributed by atoms with van der Waals surface area (Å²) in [6, 6.07) is 28.7. The maximum Gasteiger partial charge on any atom is 0.254 e. The first-order chi connectivity index (χ1) is 16.7. The Labute approximate surface area is 204 Å². The molecule has 1 unspecified atom stereocenters. The van der Waals surface area contributed by atoms with Crippen molar-refractivity contribution in [1.29, 1.82) is 0 Å². The molecule has 0 saturated carbocycles. The largest absolute Gasteiger partial charge is 0.331 e. The highest BCUT2D eigenvalue weighted by Crippen LogP contribution is 2.31. The van der Waals surface area contributed by atoms with Gasteiger partial charge in [-0.2, -0.15) is 0 Å². The SMILES string of the molecule is CCCc1ccc(C(CCN2CCC(N3Cc4ccccc4C3=O)CC2)c2ccccc2)cc1. The van der Waals surface area contributed by atoms with Gasteiger partial charge in [0.05, 0.1) is 0 Å². The molecule has 0 N–H and O–H groups in total. The van der Waals surface area contributed by atoms with Gasteiger partial charge >= 0.3 is 0 Å². The lowest BCUT2D eigenvalue weighted by atomic mass is 9.87. The topological polar surface area (TPSA) is 23.6 Å². The molecule has 3 heteroatoms. The predicted octanol–water partition coefficient (Wildman–Crippen LogP) is 6.28. The summed E-state index contributed by atoms with van der Waals surface area (Å²) in [7, 11) is 0. The number of likely N-dealkylation sites (tertiary alicyclic amines) is 1. The molecular weight excluding hydrogens is 416 g/mol. The van der Waals surface area contributed by atoms with Crippen molar-refractivity contribution in [3.05, 3.63) is 107 Å². The van der Waals surface area contributed by atoms with Gasteiger partial charge < -0.3 is 9.80 Å². The molecule has 3 aromatic rings. The first kappa shape index (κ1) is 22.9. The van der Waals surface area contributed by atoms with E-state index in [-0.39, 0.29) is 5.91 Å². The molecule has 0 radical (unpaired) electrons. The zero-order valence-electron chi connectivity index (χ0n) is 20.3. The van der Waals surface area contributed by atoms with E-state index in [1.54, 1.807) is 0 Å². The Morgan fingerprint density at radius 2 is 1.53 bits per heavy atom. The Morgan fingerprint density at radius 1 is 0.853 bits per heavy atom. The van der Waals surface area contributed by atoms with E-state index < -0.39 is 0 Å². The summed E-state index contributed by atoms with van der Waals surface area (Å²) in [5.41, 5.74) is 6.34. The minimum absolute atomic E-state index is 0.227. The molecule has 3 nitrogen and oxygen atoms in total. The van der Waals surface area contributed by atoms with Crippen LogP contribution in [0.15, 0.2) is 78.9 Å². The van der Waals surface area contributed by atoms with Gasteiger partial charge in [0.1, 0.15) is 0 Å². The van der Waals surface area contributed by atoms with Crippen LogP contribution in [-0.4, -0.2) is 41.4 Å². The number of benzene rings is 3. The number of nitrogens with zero attached hydrogens (tertiary/aromatic N) is 2. The third-order valence-electron chi connectivity index (χ3n) is 7.70. The molecule has 0 aromatic heterocycles. The minimum atomic E-state index is 0.227. The Hall–Kier alpha value is -2.91. The van der Waals surface area contributed by atoms with E-state index in [0.29, 0.717) is 12.0 Å². The summed E-state index contributed by atoms with van der Waals surface area (Å²) in [4.78, 5) is 17.6. The first-order valence-electron chi connectivity index (χ1n) is 13.0. The highest BCUT2D eigenvalue weighted by atomic mass is 16.2. The van der Waals surface area contributed by atoms with E-state index in [4.69, 9.17) is 0 Å². The molecule has 1 fully saturated rings. The van der Waals surface area contributed by atoms with E-state index in [0.717, 1.165) is 57.4 Å². The normalized spacial score (nSPS) is 17.7. The average molecular weight is 453 g/mol. The molecule has 0 spiro atoms. The molecule has 0 bridgehead atoms. The van der Waals surface area contributed by atoms with Crippen LogP contribution in [0.3, 0.4) is 0 Å². The summed E-state index contributed by atoms with van der Waals surface area (Å²) < 4.78 is 0. The van der Waals surface area contributed by atoms with E-state index in [9.17, 15) is 4.79 Å². The van der Waals surface area contributed by atoms with Gasteiger partial charge in [-0.15, -0.1) is 0 Å². The van der Waals surface area contributed by atoms with Crippen LogP contribution in [0.2, 0.25) is 0 Å². The Morgan fingerprint density at radius 3 is 2.24 bits per heavy atom. The molecule has 2 aliphatic heterocycles. The van der Waals surface area contributed by atoms with Gasteiger partial charge in [0.25, 0.3) is 5.91 Å². The molecule has 1 atom stereocenters. The van der Waals surface area contributed by atoms with Crippen LogP contribution in [0.5, 0.6) is 0 Å². The lowest BCUT2D eigenvalue weighted by Gasteiger charge is -2.37. The van der Waals surface area contributed by atoms with Gasteiger partial charge in [-0.1, -0.05) is 86.1 Å². The van der Waals surface area contributed by atoms with Gasteiger partial charge in [0.15, 0.2) is 0 Å². The summed E-state index contributed by atoms with van der Waals surface area (Å²) in [5, 5.41) is 0. The minimum Gasteiger partial charge on any atom is -0.331 e. The lowest BCUT2D eigenvalue weighted by molar-refractivity contribution is 0.0595. The standard InChI is InChI=1S/C31H36N2O/c1-2-8-24-13-15-26(16-14-24)29(25-9-4-3-5-10-25)19-22-32-20-17-28(18-21-32)33-23-27-11-6-7-12-30(27)31(33)34/h3-7,9-16,28-29H,2,8,17-23H2,1H3. The Bertz CT molecular complexity index is 1080. The van der Waals surface area contributed by atoms with E-state index in [1.807, 2.05) is 18.2 Å². The maximum atomic E-state index is 12.9. The van der Waals surface area contributed by atoms with Crippen LogP contribution >= 0.6 is 0 Å². The first-order valence-corrected chi connectivity index (χ1v) is 13.0. The van der Waals surface area contributed by atoms with Gasteiger partial charge in [-0.3, -0.25) is 4.79 Å². The molecule has 3 aromatic carbocycles. The fraction of sp³-hybridized carbons (Fsp3) is 0.387. The molecule has 2 heterocycles. The van der Waals surface area contributed by atoms with Crippen molar-refractivity contribution in [2.75, 3.05) is 19.6 Å². The van der Waals surface area contributed by atoms with Crippen molar-refractivity contribution in [2.24, 2.45) is 0 Å². The number of amides is 1. The van der Waals surface area contributed by atoms with Crippen molar-refractivity contribution in [1.82, 2.24) is 9.80 Å². The zero-order chi connectivity index (χ0) is 23.3. The number of hydrogen-bond acceptors (Lipinski definition) is 2. The molecule has 5 rings (SSSR count). The molecule has 0 aliphatic carbocycles. The van der Waals surface area contributed by atoms with Gasteiger partial charge in [-0.25, -0.2) is 0 Å². The second-order valence-electron chi connectivity index (χ2n) is 9.91. The summed E-state index contributed by atoms with van der Waals surface area (Å²) in [6.45, 7) is 6.26. The summed E-state index contributed by atoms with van der Waals surface area (Å²) in [6.07, 6.45) is 5.60. The van der Waals surface area contributed by atoms with Crippen molar-refractivity contribution >= 4 is 5.91 Å². The smallest absolute Gasteiger partial charge is 0.254 e. The van der Waals surface area contributed by atoms with Gasteiger partial charge in [0, 0.05) is 37.2 Å². The van der Waals surface area contributed by atoms with Gasteiger partial charge in [-0.05, 0) is 60.5 Å². The average Bonchev–Trinajstić information content (AvgIpc) is 3.23. The van der Waals surface area contributed by atoms with Crippen LogP contribution in [0.4, 0.5) is 0 Å². The molecule has 1 amide bonds. The number of carbonyl (C=O) groups excluding carboxylic acids is 1. The van der Waals surface area contributed by atoms with Crippen LogP contribution in [0.25, 0.3) is 0 Å². The molecular formula is C31H36N2O. The number of aryl methyl sites for hydroxylation is 1. The van der Waals surface area contributed by atoms with Crippen molar-refractivity contribution in [3.8, 4) is 0 Å². The fourth-order valence-corrected chi connectivity index (χ4v) is 5.75. The number of fused-ring (bicyclic) bond motifs is 1. The maximum absolute atomic E-state index is 12.9. The molecule has 2 aliphatic rings. The number of hydrogen-bond donors (Lipinski definition) is 0. The third kappa shape index (κ3) is 4.95. The molecule has 34 heavy (non-hydrogen) atoms. The number of rotatable bonds is 8. The fourth-order valence-electron chi connectivity index (χ4n) is 5.75. The molecule has 1 saturated heterocycles. The number of carbonyl (C=O) groups is 1. The van der Waals surface area contributed by atoms with Gasteiger partial charge in [0.2, 0.25) is 0 Å². The Kier molecular flexibility index (Phi) is 7.10. The summed E-state index contributed by atoms with van der Waals surface area (Å²) in [5.74, 6) is 0.647. The monoisotopic (exact) mass is 452 g/mol. The molecule has 176 valence electrons. The highest BCUT2D eigenvalue weighted by molar-refractivity contribution is 5.98. The second-order valence-corrected chi connectivity index (χ2v) is 9.91. The van der Waals surface area contributed by atoms with E-state index >= 15 is 0 Å². The van der Waals surface area contributed by atoms with Crippen LogP contribution < -0.4 is 0 Å².